The van der Waals surface area contributed by atoms with Crippen molar-refractivity contribution in [1.29, 1.82) is 5.26 Å². The number of nitriles is 1. The molecule has 0 amide bonds. The van der Waals surface area contributed by atoms with E-state index in [0.717, 1.165) is 35.8 Å². The lowest BCUT2D eigenvalue weighted by atomic mass is 10.0. The fraction of sp³-hybridized carbons (Fsp3) is 0.267. The monoisotopic (exact) mass is 237 g/mol. The third-order valence-corrected chi connectivity index (χ3v) is 3.59. The average molecular weight is 237 g/mol. The summed E-state index contributed by atoms with van der Waals surface area (Å²) >= 11 is 0. The molecule has 1 fully saturated rings. The normalized spacial score (nSPS) is 19.1. The van der Waals surface area contributed by atoms with Gasteiger partial charge >= 0.3 is 0 Å². The molecule has 0 aromatic heterocycles. The van der Waals surface area contributed by atoms with E-state index in [1.54, 1.807) is 0 Å². The molecule has 18 heavy (non-hydrogen) atoms. The Labute approximate surface area is 106 Å². The molecule has 0 saturated carbocycles. The zero-order valence-corrected chi connectivity index (χ0v) is 10.1. The third-order valence-electron chi connectivity index (χ3n) is 3.59. The van der Waals surface area contributed by atoms with Gasteiger partial charge in [-0.05, 0) is 18.6 Å². The number of rotatable bonds is 1. The van der Waals surface area contributed by atoms with E-state index in [2.05, 4.69) is 17.0 Å². The Morgan fingerprint density at radius 2 is 1.94 bits per heavy atom. The maximum absolute atomic E-state index is 9.15. The Balaban J connectivity index is 2.17. The maximum Gasteiger partial charge on any atom is 0.0998 e. The van der Waals surface area contributed by atoms with Crippen LogP contribution in [-0.2, 0) is 0 Å². The second kappa shape index (κ2) is 4.32. The van der Waals surface area contributed by atoms with Gasteiger partial charge in [0, 0.05) is 35.6 Å². The topological polar surface area (TPSA) is 53.0 Å². The van der Waals surface area contributed by atoms with E-state index in [1.165, 1.54) is 5.69 Å². The molecule has 3 rings (SSSR count). The van der Waals surface area contributed by atoms with E-state index in [-0.39, 0.29) is 6.04 Å². The van der Waals surface area contributed by atoms with Gasteiger partial charge in [-0.25, -0.2) is 0 Å². The first-order valence-corrected chi connectivity index (χ1v) is 6.22. The predicted molar refractivity (Wildman–Crippen MR) is 73.5 cm³/mol. The van der Waals surface area contributed by atoms with Crippen molar-refractivity contribution in [3.05, 3.63) is 42.0 Å². The number of fused-ring (bicyclic) bond motifs is 1. The molecule has 3 nitrogen and oxygen atoms in total. The van der Waals surface area contributed by atoms with Crippen LogP contribution in [0.25, 0.3) is 10.8 Å². The first-order chi connectivity index (χ1) is 8.79. The molecule has 2 aromatic rings. The van der Waals surface area contributed by atoms with Gasteiger partial charge in [0.1, 0.15) is 0 Å². The van der Waals surface area contributed by atoms with E-state index in [4.69, 9.17) is 11.0 Å². The SMILES string of the molecule is N#Cc1ccc(N2CCC(N)C2)c2ccccc12. The molecule has 0 bridgehead atoms. The van der Waals surface area contributed by atoms with Crippen LogP contribution in [0, 0.1) is 11.3 Å². The Hall–Kier alpha value is -2.05. The summed E-state index contributed by atoms with van der Waals surface area (Å²) in [6.07, 6.45) is 1.04. The van der Waals surface area contributed by atoms with Crippen LogP contribution in [0.2, 0.25) is 0 Å². The van der Waals surface area contributed by atoms with E-state index < -0.39 is 0 Å². The molecule has 0 spiro atoms. The second-order valence-electron chi connectivity index (χ2n) is 4.78. The molecule has 3 heteroatoms. The molecular weight excluding hydrogens is 222 g/mol. The first kappa shape index (κ1) is 11.1. The maximum atomic E-state index is 9.15. The van der Waals surface area contributed by atoms with Crippen LogP contribution >= 0.6 is 0 Å². The van der Waals surface area contributed by atoms with Gasteiger partial charge in [-0.3, -0.25) is 0 Å². The first-order valence-electron chi connectivity index (χ1n) is 6.22. The van der Waals surface area contributed by atoms with Crippen LogP contribution in [-0.4, -0.2) is 19.1 Å². The summed E-state index contributed by atoms with van der Waals surface area (Å²) in [7, 11) is 0. The van der Waals surface area contributed by atoms with Crippen molar-refractivity contribution in [1.82, 2.24) is 0 Å². The summed E-state index contributed by atoms with van der Waals surface area (Å²) < 4.78 is 0. The highest BCUT2D eigenvalue weighted by atomic mass is 15.2. The highest BCUT2D eigenvalue weighted by Crippen LogP contribution is 2.31. The van der Waals surface area contributed by atoms with Gasteiger partial charge < -0.3 is 10.6 Å². The molecule has 1 unspecified atom stereocenters. The van der Waals surface area contributed by atoms with Gasteiger partial charge in [0.25, 0.3) is 0 Å². The van der Waals surface area contributed by atoms with Crippen LogP contribution in [0.4, 0.5) is 5.69 Å². The summed E-state index contributed by atoms with van der Waals surface area (Å²) in [5.74, 6) is 0. The lowest BCUT2D eigenvalue weighted by molar-refractivity contribution is 0.752. The van der Waals surface area contributed by atoms with Crippen LogP contribution < -0.4 is 10.6 Å². The molecular formula is C15H15N3. The molecule has 1 heterocycles. The Morgan fingerprint density at radius 1 is 1.17 bits per heavy atom. The molecule has 1 aliphatic heterocycles. The zero-order chi connectivity index (χ0) is 12.5. The van der Waals surface area contributed by atoms with Crippen molar-refractivity contribution >= 4 is 16.5 Å². The van der Waals surface area contributed by atoms with Gasteiger partial charge in [-0.15, -0.1) is 0 Å². The van der Waals surface area contributed by atoms with E-state index in [0.29, 0.717) is 0 Å². The molecule has 2 N–H and O–H groups in total. The highest BCUT2D eigenvalue weighted by molar-refractivity contribution is 5.97. The standard InChI is InChI=1S/C15H15N3/c16-9-11-5-6-15(18-8-7-12(17)10-18)14-4-2-1-3-13(11)14/h1-6,12H,7-8,10,17H2. The van der Waals surface area contributed by atoms with Crippen LogP contribution in [0.1, 0.15) is 12.0 Å². The fourth-order valence-electron chi connectivity index (χ4n) is 2.66. The quantitative estimate of drug-likeness (QED) is 0.827. The molecule has 90 valence electrons. The summed E-state index contributed by atoms with van der Waals surface area (Å²) in [5.41, 5.74) is 7.89. The van der Waals surface area contributed by atoms with Crippen molar-refractivity contribution in [2.24, 2.45) is 5.73 Å². The fourth-order valence-corrected chi connectivity index (χ4v) is 2.66. The molecule has 1 atom stereocenters. The molecule has 2 aromatic carbocycles. The number of anilines is 1. The largest absolute Gasteiger partial charge is 0.369 e. The Bertz CT molecular complexity index is 627. The van der Waals surface area contributed by atoms with E-state index in [1.807, 2.05) is 30.3 Å². The van der Waals surface area contributed by atoms with E-state index >= 15 is 0 Å². The summed E-state index contributed by atoms with van der Waals surface area (Å²) in [4.78, 5) is 2.31. The third kappa shape index (κ3) is 1.71. The molecule has 1 saturated heterocycles. The average Bonchev–Trinajstić information content (AvgIpc) is 2.84. The van der Waals surface area contributed by atoms with Crippen LogP contribution in [0.5, 0.6) is 0 Å². The number of hydrogen-bond donors (Lipinski definition) is 1. The van der Waals surface area contributed by atoms with Gasteiger partial charge in [-0.1, -0.05) is 24.3 Å². The minimum Gasteiger partial charge on any atom is -0.369 e. The molecule has 1 aliphatic rings. The Morgan fingerprint density at radius 3 is 2.61 bits per heavy atom. The summed E-state index contributed by atoms with van der Waals surface area (Å²) in [6, 6.07) is 14.5. The summed E-state index contributed by atoms with van der Waals surface area (Å²) in [6.45, 7) is 1.90. The van der Waals surface area contributed by atoms with Crippen molar-refractivity contribution in [2.75, 3.05) is 18.0 Å². The van der Waals surface area contributed by atoms with Gasteiger partial charge in [0.2, 0.25) is 0 Å². The zero-order valence-electron chi connectivity index (χ0n) is 10.1. The number of nitrogens with two attached hydrogens (primary N) is 1. The Kier molecular flexibility index (Phi) is 2.66. The minimum absolute atomic E-state index is 0.263. The predicted octanol–water partition coefficient (Wildman–Crippen LogP) is 2.25. The van der Waals surface area contributed by atoms with Crippen molar-refractivity contribution < 1.29 is 0 Å². The summed E-state index contributed by atoms with van der Waals surface area (Å²) in [5, 5.41) is 11.3. The number of benzene rings is 2. The van der Waals surface area contributed by atoms with Crippen molar-refractivity contribution in [3.8, 4) is 6.07 Å². The van der Waals surface area contributed by atoms with Gasteiger partial charge in [0.15, 0.2) is 0 Å². The van der Waals surface area contributed by atoms with Gasteiger partial charge in [-0.2, -0.15) is 5.26 Å². The van der Waals surface area contributed by atoms with E-state index in [9.17, 15) is 0 Å². The lowest BCUT2D eigenvalue weighted by Crippen LogP contribution is -2.26. The van der Waals surface area contributed by atoms with Crippen molar-refractivity contribution in [3.63, 3.8) is 0 Å². The van der Waals surface area contributed by atoms with Crippen LogP contribution in [0.15, 0.2) is 36.4 Å². The molecule has 0 radical (unpaired) electrons. The smallest absolute Gasteiger partial charge is 0.0998 e. The molecule has 0 aliphatic carbocycles. The van der Waals surface area contributed by atoms with Crippen molar-refractivity contribution in [2.45, 2.75) is 12.5 Å². The number of hydrogen-bond acceptors (Lipinski definition) is 3. The minimum atomic E-state index is 0.263. The van der Waals surface area contributed by atoms with Gasteiger partial charge in [0.05, 0.1) is 11.6 Å². The highest BCUT2D eigenvalue weighted by Gasteiger charge is 2.21. The second-order valence-corrected chi connectivity index (χ2v) is 4.78. The lowest BCUT2D eigenvalue weighted by Gasteiger charge is -2.20. The number of nitrogens with zero attached hydrogens (tertiary/aromatic N) is 2. The van der Waals surface area contributed by atoms with Crippen LogP contribution in [0.3, 0.4) is 0 Å².